The third-order valence-electron chi connectivity index (χ3n) is 4.50. The summed E-state index contributed by atoms with van der Waals surface area (Å²) in [6.07, 6.45) is 3.34. The molecule has 4 rings (SSSR count). The van der Waals surface area contributed by atoms with Crippen LogP contribution in [0.5, 0.6) is 0 Å². The summed E-state index contributed by atoms with van der Waals surface area (Å²) in [4.78, 5) is 18.3. The number of hydrogen-bond donors (Lipinski definition) is 0. The molecule has 0 saturated carbocycles. The standard InChI is InChI=1S/C22H18FN5OS/c1-27(18-5-3-2-4-6-18)20(29)15-30-22-26-25-21(16-11-13-24-14-12-16)28(22)19-9-7-17(23)8-10-19/h2-14H,15H2,1H3. The van der Waals surface area contributed by atoms with Gasteiger partial charge in [0.25, 0.3) is 0 Å². The molecular weight excluding hydrogens is 401 g/mol. The molecule has 8 heteroatoms. The number of hydrogen-bond acceptors (Lipinski definition) is 5. The first-order chi connectivity index (χ1) is 14.6. The summed E-state index contributed by atoms with van der Waals surface area (Å²) in [6, 6.07) is 19.2. The van der Waals surface area contributed by atoms with E-state index in [1.165, 1.54) is 23.9 Å². The molecule has 0 aliphatic rings. The Morgan fingerprint density at radius 3 is 2.40 bits per heavy atom. The summed E-state index contributed by atoms with van der Waals surface area (Å²) in [5.74, 6) is 0.382. The van der Waals surface area contributed by atoms with Gasteiger partial charge in [-0.15, -0.1) is 10.2 Å². The Bertz CT molecular complexity index is 1130. The number of anilines is 1. The van der Waals surface area contributed by atoms with Crippen molar-refractivity contribution in [2.45, 2.75) is 5.16 Å². The quantitative estimate of drug-likeness (QED) is 0.438. The van der Waals surface area contributed by atoms with Gasteiger partial charge in [-0.2, -0.15) is 0 Å². The third-order valence-corrected chi connectivity index (χ3v) is 5.41. The zero-order valence-corrected chi connectivity index (χ0v) is 17.0. The normalized spacial score (nSPS) is 10.7. The Labute approximate surface area is 177 Å². The molecule has 30 heavy (non-hydrogen) atoms. The lowest BCUT2D eigenvalue weighted by molar-refractivity contribution is -0.115. The molecule has 0 N–H and O–H groups in total. The largest absolute Gasteiger partial charge is 0.315 e. The maximum Gasteiger partial charge on any atom is 0.237 e. The van der Waals surface area contributed by atoms with Crippen molar-refractivity contribution in [1.82, 2.24) is 19.7 Å². The highest BCUT2D eigenvalue weighted by molar-refractivity contribution is 7.99. The molecular formula is C22H18FN5OS. The average Bonchev–Trinajstić information content (AvgIpc) is 3.22. The van der Waals surface area contributed by atoms with Gasteiger partial charge in [0.15, 0.2) is 11.0 Å². The molecule has 4 aromatic rings. The zero-order chi connectivity index (χ0) is 20.9. The van der Waals surface area contributed by atoms with Crippen LogP contribution in [0.15, 0.2) is 84.3 Å². The van der Waals surface area contributed by atoms with Gasteiger partial charge >= 0.3 is 0 Å². The monoisotopic (exact) mass is 419 g/mol. The first-order valence-corrected chi connectivity index (χ1v) is 10.2. The molecule has 0 aliphatic heterocycles. The second-order valence-corrected chi connectivity index (χ2v) is 7.37. The summed E-state index contributed by atoms with van der Waals surface area (Å²) >= 11 is 1.28. The van der Waals surface area contributed by atoms with Gasteiger partial charge in [0.05, 0.1) is 5.75 Å². The Hall–Kier alpha value is -3.52. The molecule has 0 unspecified atom stereocenters. The minimum absolute atomic E-state index is 0.0645. The van der Waals surface area contributed by atoms with Crippen molar-refractivity contribution in [3.63, 3.8) is 0 Å². The molecule has 0 radical (unpaired) electrons. The average molecular weight is 419 g/mol. The number of rotatable bonds is 6. The molecule has 0 atom stereocenters. The SMILES string of the molecule is CN(C(=O)CSc1nnc(-c2ccncc2)n1-c1ccc(F)cc1)c1ccccc1. The fourth-order valence-corrected chi connectivity index (χ4v) is 3.76. The predicted octanol–water partition coefficient (Wildman–Crippen LogP) is 4.22. The van der Waals surface area contributed by atoms with E-state index < -0.39 is 0 Å². The molecule has 6 nitrogen and oxygen atoms in total. The van der Waals surface area contributed by atoms with Gasteiger partial charge in [-0.1, -0.05) is 30.0 Å². The number of aromatic nitrogens is 4. The van der Waals surface area contributed by atoms with Gasteiger partial charge in [-0.05, 0) is 48.5 Å². The molecule has 0 spiro atoms. The molecule has 2 aromatic heterocycles. The van der Waals surface area contributed by atoms with Crippen molar-refractivity contribution in [3.8, 4) is 17.1 Å². The van der Waals surface area contributed by atoms with E-state index in [2.05, 4.69) is 15.2 Å². The van der Waals surface area contributed by atoms with E-state index in [4.69, 9.17) is 0 Å². The molecule has 0 saturated heterocycles. The van der Waals surface area contributed by atoms with Crippen molar-refractivity contribution >= 4 is 23.4 Å². The van der Waals surface area contributed by atoms with Crippen LogP contribution >= 0.6 is 11.8 Å². The molecule has 0 aliphatic carbocycles. The third kappa shape index (κ3) is 4.23. The second kappa shape index (κ2) is 8.87. The smallest absolute Gasteiger partial charge is 0.237 e. The highest BCUT2D eigenvalue weighted by Gasteiger charge is 2.19. The Morgan fingerprint density at radius 2 is 1.70 bits per heavy atom. The summed E-state index contributed by atoms with van der Waals surface area (Å²) in [6.45, 7) is 0. The summed E-state index contributed by atoms with van der Waals surface area (Å²) in [5.41, 5.74) is 2.35. The van der Waals surface area contributed by atoms with E-state index in [9.17, 15) is 9.18 Å². The van der Waals surface area contributed by atoms with Crippen molar-refractivity contribution < 1.29 is 9.18 Å². The number of carbonyl (C=O) groups excluding carboxylic acids is 1. The van der Waals surface area contributed by atoms with Crippen LogP contribution < -0.4 is 4.90 Å². The lowest BCUT2D eigenvalue weighted by Crippen LogP contribution is -2.27. The van der Waals surface area contributed by atoms with E-state index in [1.54, 1.807) is 36.5 Å². The maximum atomic E-state index is 13.5. The predicted molar refractivity (Wildman–Crippen MR) is 115 cm³/mol. The van der Waals surface area contributed by atoms with Crippen molar-refractivity contribution in [1.29, 1.82) is 0 Å². The van der Waals surface area contributed by atoms with Gasteiger partial charge in [-0.3, -0.25) is 14.3 Å². The van der Waals surface area contributed by atoms with Gasteiger partial charge < -0.3 is 4.90 Å². The highest BCUT2D eigenvalue weighted by atomic mass is 32.2. The van der Waals surface area contributed by atoms with Gasteiger partial charge in [-0.25, -0.2) is 4.39 Å². The van der Waals surface area contributed by atoms with Gasteiger partial charge in [0.2, 0.25) is 5.91 Å². The number of pyridine rings is 1. The van der Waals surface area contributed by atoms with Crippen LogP contribution in [0.25, 0.3) is 17.1 Å². The van der Waals surface area contributed by atoms with Crippen LogP contribution in [0.2, 0.25) is 0 Å². The fourth-order valence-electron chi connectivity index (χ4n) is 2.89. The topological polar surface area (TPSA) is 63.9 Å². The summed E-state index contributed by atoms with van der Waals surface area (Å²) < 4.78 is 15.3. The number of amides is 1. The zero-order valence-electron chi connectivity index (χ0n) is 16.1. The maximum absolute atomic E-state index is 13.5. The summed E-state index contributed by atoms with van der Waals surface area (Å²) in [7, 11) is 1.74. The Balaban J connectivity index is 1.62. The lowest BCUT2D eigenvalue weighted by atomic mass is 10.2. The number of benzene rings is 2. The van der Waals surface area contributed by atoms with E-state index in [0.717, 1.165) is 11.3 Å². The second-order valence-electron chi connectivity index (χ2n) is 6.43. The number of nitrogens with zero attached hydrogens (tertiary/aromatic N) is 5. The van der Waals surface area contributed by atoms with Crippen LogP contribution in [0.1, 0.15) is 0 Å². The first-order valence-electron chi connectivity index (χ1n) is 9.19. The summed E-state index contributed by atoms with van der Waals surface area (Å²) in [5, 5.41) is 9.14. The fraction of sp³-hybridized carbons (Fsp3) is 0.0909. The highest BCUT2D eigenvalue weighted by Crippen LogP contribution is 2.28. The molecule has 2 heterocycles. The molecule has 0 bridgehead atoms. The Morgan fingerprint density at radius 1 is 1.00 bits per heavy atom. The molecule has 0 fully saturated rings. The van der Waals surface area contributed by atoms with E-state index in [-0.39, 0.29) is 17.5 Å². The van der Waals surface area contributed by atoms with Crippen LogP contribution in [-0.2, 0) is 4.79 Å². The Kier molecular flexibility index (Phi) is 5.85. The minimum Gasteiger partial charge on any atom is -0.315 e. The molecule has 2 aromatic carbocycles. The number of thioether (sulfide) groups is 1. The number of para-hydroxylation sites is 1. The van der Waals surface area contributed by atoms with E-state index >= 15 is 0 Å². The van der Waals surface area contributed by atoms with E-state index in [0.29, 0.717) is 16.7 Å². The van der Waals surface area contributed by atoms with Crippen LogP contribution in [0.4, 0.5) is 10.1 Å². The van der Waals surface area contributed by atoms with Gasteiger partial charge in [0.1, 0.15) is 5.82 Å². The number of carbonyl (C=O) groups is 1. The van der Waals surface area contributed by atoms with E-state index in [1.807, 2.05) is 47.0 Å². The van der Waals surface area contributed by atoms with Crippen molar-refractivity contribution in [3.05, 3.63) is 84.9 Å². The number of halogens is 1. The minimum atomic E-state index is -0.328. The van der Waals surface area contributed by atoms with Crippen LogP contribution in [0.3, 0.4) is 0 Å². The van der Waals surface area contributed by atoms with Crippen molar-refractivity contribution in [2.24, 2.45) is 0 Å². The molecule has 150 valence electrons. The first kappa shape index (κ1) is 19.8. The lowest BCUT2D eigenvalue weighted by Gasteiger charge is -2.17. The molecule has 1 amide bonds. The van der Waals surface area contributed by atoms with Crippen LogP contribution in [0, 0.1) is 5.82 Å². The van der Waals surface area contributed by atoms with Crippen LogP contribution in [-0.4, -0.2) is 38.5 Å². The van der Waals surface area contributed by atoms with Crippen molar-refractivity contribution in [2.75, 3.05) is 17.7 Å². The van der Waals surface area contributed by atoms with Gasteiger partial charge in [0, 0.05) is 36.4 Å².